The third kappa shape index (κ3) is 5.26. The van der Waals surface area contributed by atoms with Gasteiger partial charge >= 0.3 is 0 Å². The monoisotopic (exact) mass is 423 g/mol. The number of carbonyl (C=O) groups is 1. The van der Waals surface area contributed by atoms with Crippen LogP contribution in [0.2, 0.25) is 0 Å². The van der Waals surface area contributed by atoms with Crippen molar-refractivity contribution in [1.82, 2.24) is 25.6 Å². The fourth-order valence-electron chi connectivity index (χ4n) is 2.96. The van der Waals surface area contributed by atoms with Crippen LogP contribution in [-0.4, -0.2) is 27.4 Å². The summed E-state index contributed by atoms with van der Waals surface area (Å²) in [5.41, 5.74) is 3.56. The summed E-state index contributed by atoms with van der Waals surface area (Å²) < 4.78 is 0. The number of hydrogen-bond acceptors (Lipinski definition) is 5. The Morgan fingerprint density at radius 3 is 2.83 bits per heavy atom. The number of hydrogen-bond donors (Lipinski definition) is 3. The van der Waals surface area contributed by atoms with Crippen LogP contribution < -0.4 is 15.9 Å². The number of H-pyrrole nitrogens is 1. The molecule has 4 rings (SSSR count). The highest BCUT2D eigenvalue weighted by Gasteiger charge is 2.10. The molecule has 1 amide bonds. The van der Waals surface area contributed by atoms with Gasteiger partial charge in [0.2, 0.25) is 0 Å². The second-order valence-corrected chi connectivity index (χ2v) is 8.29. The predicted octanol–water partition coefficient (Wildman–Crippen LogP) is 2.78. The lowest BCUT2D eigenvalue weighted by Crippen LogP contribution is -2.23. The highest BCUT2D eigenvalue weighted by atomic mass is 32.1. The van der Waals surface area contributed by atoms with Crippen LogP contribution in [0.15, 0.2) is 53.9 Å². The number of fused-ring (bicyclic) bond motifs is 1. The number of nitrogens with zero attached hydrogens (tertiary/aromatic N) is 2. The SMILES string of the molecule is O=C(NCc1ccccc1)c1csc(CCNCc2nc3cc(P)ccc3[nH]2)n1. The molecular weight excluding hydrogens is 401 g/mol. The molecule has 148 valence electrons. The number of nitrogens with one attached hydrogen (secondary N) is 3. The normalized spacial score (nSPS) is 11.1. The van der Waals surface area contributed by atoms with Crippen LogP contribution in [0, 0.1) is 0 Å². The zero-order valence-electron chi connectivity index (χ0n) is 15.8. The summed E-state index contributed by atoms with van der Waals surface area (Å²) in [5.74, 6) is 0.774. The van der Waals surface area contributed by atoms with Crippen LogP contribution in [0.3, 0.4) is 0 Å². The van der Waals surface area contributed by atoms with Gasteiger partial charge in [-0.3, -0.25) is 4.79 Å². The topological polar surface area (TPSA) is 82.7 Å². The van der Waals surface area contributed by atoms with Gasteiger partial charge in [0, 0.05) is 24.9 Å². The van der Waals surface area contributed by atoms with Crippen molar-refractivity contribution in [3.05, 3.63) is 76.0 Å². The molecule has 8 heteroatoms. The second-order valence-electron chi connectivity index (χ2n) is 6.68. The van der Waals surface area contributed by atoms with E-state index < -0.39 is 0 Å². The van der Waals surface area contributed by atoms with Gasteiger partial charge in [0.05, 0.1) is 22.6 Å². The summed E-state index contributed by atoms with van der Waals surface area (Å²) in [6.45, 7) is 1.94. The summed E-state index contributed by atoms with van der Waals surface area (Å²) in [5, 5.41) is 10.2. The Balaban J connectivity index is 1.23. The Hall–Kier alpha value is -2.60. The fourth-order valence-corrected chi connectivity index (χ4v) is 3.99. The van der Waals surface area contributed by atoms with Crippen LogP contribution in [-0.2, 0) is 19.5 Å². The largest absolute Gasteiger partial charge is 0.347 e. The van der Waals surface area contributed by atoms with Crippen molar-refractivity contribution in [2.45, 2.75) is 19.5 Å². The predicted molar refractivity (Wildman–Crippen MR) is 121 cm³/mol. The summed E-state index contributed by atoms with van der Waals surface area (Å²) in [6.07, 6.45) is 0.770. The minimum atomic E-state index is -0.139. The Morgan fingerprint density at radius 1 is 1.10 bits per heavy atom. The molecule has 1 atom stereocenters. The van der Waals surface area contributed by atoms with Gasteiger partial charge < -0.3 is 15.6 Å². The summed E-state index contributed by atoms with van der Waals surface area (Å²) in [7, 11) is 2.69. The first-order chi connectivity index (χ1) is 14.2. The molecule has 4 aromatic rings. The lowest BCUT2D eigenvalue weighted by Gasteiger charge is -2.03. The average Bonchev–Trinajstić information content (AvgIpc) is 3.36. The molecule has 0 aliphatic rings. The number of imidazole rings is 1. The molecular formula is C21H22N5OPS. The van der Waals surface area contributed by atoms with E-state index in [0.29, 0.717) is 18.8 Å². The molecule has 6 nitrogen and oxygen atoms in total. The first-order valence-corrected chi connectivity index (χ1v) is 10.8. The number of carbonyl (C=O) groups excluding carboxylic acids is 1. The molecule has 0 aliphatic heterocycles. The molecule has 3 N–H and O–H groups in total. The number of aromatic amines is 1. The zero-order chi connectivity index (χ0) is 20.1. The maximum atomic E-state index is 12.3. The second kappa shape index (κ2) is 9.27. The molecule has 1 unspecified atom stereocenters. The Kier molecular flexibility index (Phi) is 6.30. The van der Waals surface area contributed by atoms with Crippen molar-refractivity contribution in [3.63, 3.8) is 0 Å². The van der Waals surface area contributed by atoms with Gasteiger partial charge in [0.25, 0.3) is 5.91 Å². The van der Waals surface area contributed by atoms with Crippen molar-refractivity contribution in [2.24, 2.45) is 0 Å². The van der Waals surface area contributed by atoms with E-state index in [9.17, 15) is 4.79 Å². The van der Waals surface area contributed by atoms with Crippen LogP contribution >= 0.6 is 20.6 Å². The van der Waals surface area contributed by atoms with E-state index in [-0.39, 0.29) is 5.91 Å². The Morgan fingerprint density at radius 2 is 1.97 bits per heavy atom. The van der Waals surface area contributed by atoms with Crippen LogP contribution in [0.5, 0.6) is 0 Å². The van der Waals surface area contributed by atoms with E-state index in [1.54, 1.807) is 0 Å². The van der Waals surface area contributed by atoms with Gasteiger partial charge in [-0.25, -0.2) is 9.97 Å². The lowest BCUT2D eigenvalue weighted by molar-refractivity contribution is 0.0946. The summed E-state index contributed by atoms with van der Waals surface area (Å²) in [6, 6.07) is 16.0. The molecule has 2 heterocycles. The van der Waals surface area contributed by atoms with E-state index >= 15 is 0 Å². The van der Waals surface area contributed by atoms with Crippen LogP contribution in [0.1, 0.15) is 26.9 Å². The van der Waals surface area contributed by atoms with Crippen molar-refractivity contribution in [3.8, 4) is 0 Å². The first kappa shape index (κ1) is 19.7. The Bertz CT molecular complexity index is 1110. The van der Waals surface area contributed by atoms with Gasteiger partial charge in [-0.1, -0.05) is 36.4 Å². The highest BCUT2D eigenvalue weighted by Crippen LogP contribution is 2.12. The van der Waals surface area contributed by atoms with Crippen molar-refractivity contribution >= 4 is 42.8 Å². The number of aromatic nitrogens is 3. The van der Waals surface area contributed by atoms with E-state index in [1.165, 1.54) is 11.3 Å². The molecule has 0 aliphatic carbocycles. The molecule has 0 radical (unpaired) electrons. The molecule has 2 aromatic carbocycles. The summed E-state index contributed by atoms with van der Waals surface area (Å²) >= 11 is 1.51. The fraction of sp³-hybridized carbons (Fsp3) is 0.190. The molecule has 2 aromatic heterocycles. The smallest absolute Gasteiger partial charge is 0.271 e. The van der Waals surface area contributed by atoms with Crippen molar-refractivity contribution in [1.29, 1.82) is 0 Å². The van der Waals surface area contributed by atoms with Crippen molar-refractivity contribution < 1.29 is 4.79 Å². The lowest BCUT2D eigenvalue weighted by atomic mass is 10.2. The molecule has 0 spiro atoms. The third-order valence-corrected chi connectivity index (χ3v) is 5.71. The van der Waals surface area contributed by atoms with Crippen LogP contribution in [0.25, 0.3) is 11.0 Å². The van der Waals surface area contributed by atoms with Gasteiger partial charge in [0.15, 0.2) is 0 Å². The van der Waals surface area contributed by atoms with E-state index in [1.807, 2.05) is 53.9 Å². The standard InChI is InChI=1S/C21H22N5OPS/c27-21(23-11-14-4-2-1-3-5-14)18-13-29-20(26-18)8-9-22-12-19-24-16-7-6-15(28)10-17(16)25-19/h1-7,10,13,22H,8-9,11-12,28H2,(H,23,27)(H,24,25). The average molecular weight is 423 g/mol. The quantitative estimate of drug-likeness (QED) is 0.301. The van der Waals surface area contributed by atoms with E-state index in [2.05, 4.69) is 34.8 Å². The van der Waals surface area contributed by atoms with E-state index in [0.717, 1.165) is 45.7 Å². The molecule has 0 bridgehead atoms. The minimum Gasteiger partial charge on any atom is -0.347 e. The van der Waals surface area contributed by atoms with Gasteiger partial charge in [-0.2, -0.15) is 0 Å². The van der Waals surface area contributed by atoms with Crippen LogP contribution in [0.4, 0.5) is 0 Å². The molecule has 0 saturated carbocycles. The van der Waals surface area contributed by atoms with E-state index in [4.69, 9.17) is 0 Å². The molecule has 0 fully saturated rings. The van der Waals surface area contributed by atoms with Gasteiger partial charge in [0.1, 0.15) is 11.5 Å². The minimum absolute atomic E-state index is 0.139. The first-order valence-electron chi connectivity index (χ1n) is 9.39. The molecule has 29 heavy (non-hydrogen) atoms. The van der Waals surface area contributed by atoms with Gasteiger partial charge in [-0.15, -0.1) is 20.6 Å². The Labute approximate surface area is 175 Å². The maximum Gasteiger partial charge on any atom is 0.271 e. The number of benzene rings is 2. The number of amides is 1. The van der Waals surface area contributed by atoms with Gasteiger partial charge in [-0.05, 0) is 23.0 Å². The number of thiazole rings is 1. The maximum absolute atomic E-state index is 12.3. The zero-order valence-corrected chi connectivity index (χ0v) is 17.8. The third-order valence-electron chi connectivity index (χ3n) is 4.44. The highest BCUT2D eigenvalue weighted by molar-refractivity contribution is 7.27. The summed E-state index contributed by atoms with van der Waals surface area (Å²) in [4.78, 5) is 24.6. The number of rotatable bonds is 8. The molecule has 0 saturated heterocycles. The van der Waals surface area contributed by atoms with Crippen molar-refractivity contribution in [2.75, 3.05) is 6.54 Å².